The molecule has 120 valence electrons. The van der Waals surface area contributed by atoms with Gasteiger partial charge in [0.25, 0.3) is 0 Å². The maximum atomic E-state index is 11.7. The maximum Gasteiger partial charge on any atom is 0.350 e. The summed E-state index contributed by atoms with van der Waals surface area (Å²) in [4.78, 5) is 26.4. The summed E-state index contributed by atoms with van der Waals surface area (Å²) in [6.07, 6.45) is 3.32. The number of aromatic nitrogens is 1. The van der Waals surface area contributed by atoms with Crippen molar-refractivity contribution in [3.63, 3.8) is 0 Å². The van der Waals surface area contributed by atoms with Crippen molar-refractivity contribution >= 4 is 35.1 Å². The number of carbonyl (C=O) groups is 1. The van der Waals surface area contributed by atoms with Crippen LogP contribution >= 0.6 is 11.3 Å². The number of hydrogen-bond donors (Lipinski definition) is 1. The highest BCUT2D eigenvalue weighted by Crippen LogP contribution is 2.27. The highest BCUT2D eigenvalue weighted by molar-refractivity contribution is 7.14. The number of aromatic hydroxyl groups is 1. The Labute approximate surface area is 136 Å². The van der Waals surface area contributed by atoms with Gasteiger partial charge in [0.1, 0.15) is 9.88 Å². The number of esters is 1. The summed E-state index contributed by atoms with van der Waals surface area (Å²) in [5.74, 6) is -0.810. The van der Waals surface area contributed by atoms with Crippen LogP contribution in [-0.4, -0.2) is 27.6 Å². The summed E-state index contributed by atoms with van der Waals surface area (Å²) >= 11 is 1.20. The van der Waals surface area contributed by atoms with Gasteiger partial charge in [0.15, 0.2) is 5.75 Å². The van der Waals surface area contributed by atoms with E-state index in [0.29, 0.717) is 27.7 Å². The number of hydrogen-bond acceptors (Lipinski definition) is 7. The van der Waals surface area contributed by atoms with Gasteiger partial charge in [-0.3, -0.25) is 10.1 Å². The lowest BCUT2D eigenvalue weighted by molar-refractivity contribution is -0.385. The van der Waals surface area contributed by atoms with Crippen molar-refractivity contribution in [1.82, 2.24) is 4.98 Å². The van der Waals surface area contributed by atoms with Gasteiger partial charge in [-0.25, -0.2) is 9.78 Å². The molecule has 0 unspecified atom stereocenters. The third kappa shape index (κ3) is 3.92. The average Bonchev–Trinajstić information content (AvgIpc) is 2.86. The van der Waals surface area contributed by atoms with Gasteiger partial charge in [0.05, 0.1) is 17.2 Å². The molecule has 2 aromatic rings. The van der Waals surface area contributed by atoms with Crippen LogP contribution in [0.4, 0.5) is 5.69 Å². The van der Waals surface area contributed by atoms with Crippen LogP contribution in [0.25, 0.3) is 12.2 Å². The Morgan fingerprint density at radius 2 is 2.22 bits per heavy atom. The van der Waals surface area contributed by atoms with E-state index in [4.69, 9.17) is 4.74 Å². The molecule has 1 aromatic heterocycles. The van der Waals surface area contributed by atoms with Crippen LogP contribution in [-0.2, 0) is 4.74 Å². The number of rotatable bonds is 5. The first-order valence-corrected chi connectivity index (χ1v) is 7.54. The van der Waals surface area contributed by atoms with Crippen molar-refractivity contribution in [2.45, 2.75) is 13.8 Å². The Balaban J connectivity index is 2.21. The lowest BCUT2D eigenvalue weighted by Gasteiger charge is -1.97. The second-order valence-corrected chi connectivity index (χ2v) is 5.56. The van der Waals surface area contributed by atoms with Crippen LogP contribution in [0.15, 0.2) is 18.2 Å². The van der Waals surface area contributed by atoms with Crippen molar-refractivity contribution in [2.24, 2.45) is 0 Å². The third-order valence-corrected chi connectivity index (χ3v) is 3.99. The summed E-state index contributed by atoms with van der Waals surface area (Å²) < 4.78 is 4.95. The predicted molar refractivity (Wildman–Crippen MR) is 86.5 cm³/mol. The molecule has 0 spiro atoms. The monoisotopic (exact) mass is 334 g/mol. The number of nitro benzene ring substituents is 1. The molecule has 0 saturated carbocycles. The van der Waals surface area contributed by atoms with Gasteiger partial charge < -0.3 is 9.84 Å². The van der Waals surface area contributed by atoms with Gasteiger partial charge >= 0.3 is 11.7 Å². The highest BCUT2D eigenvalue weighted by atomic mass is 32.1. The molecule has 0 aliphatic rings. The molecular formula is C15H14N2O5S. The number of phenolic OH excluding ortho intramolecular Hbond substituents is 1. The van der Waals surface area contributed by atoms with Crippen LogP contribution in [0.2, 0.25) is 0 Å². The van der Waals surface area contributed by atoms with E-state index in [-0.39, 0.29) is 5.69 Å². The number of thiazole rings is 1. The van der Waals surface area contributed by atoms with Gasteiger partial charge in [0.2, 0.25) is 0 Å². The molecular weight excluding hydrogens is 320 g/mol. The fourth-order valence-corrected chi connectivity index (χ4v) is 2.70. The maximum absolute atomic E-state index is 11.7. The number of aryl methyl sites for hydroxylation is 1. The molecule has 0 bridgehead atoms. The van der Waals surface area contributed by atoms with E-state index in [1.807, 2.05) is 0 Å². The Hall–Kier alpha value is -2.74. The Bertz CT molecular complexity index is 782. The number of carbonyl (C=O) groups excluding carboxylic acids is 1. The first-order valence-electron chi connectivity index (χ1n) is 6.72. The van der Waals surface area contributed by atoms with E-state index < -0.39 is 16.6 Å². The Kier molecular flexibility index (Phi) is 5.07. The van der Waals surface area contributed by atoms with Gasteiger partial charge in [-0.15, -0.1) is 11.3 Å². The molecule has 2 rings (SSSR count). The summed E-state index contributed by atoms with van der Waals surface area (Å²) in [7, 11) is 0. The van der Waals surface area contributed by atoms with Crippen LogP contribution in [0.5, 0.6) is 5.75 Å². The van der Waals surface area contributed by atoms with Crippen LogP contribution in [0.1, 0.15) is 32.9 Å². The fraction of sp³-hybridized carbons (Fsp3) is 0.200. The molecule has 23 heavy (non-hydrogen) atoms. The molecule has 0 aliphatic carbocycles. The largest absolute Gasteiger partial charge is 0.502 e. The van der Waals surface area contributed by atoms with E-state index in [2.05, 4.69) is 4.98 Å². The molecule has 8 heteroatoms. The molecule has 0 fully saturated rings. The van der Waals surface area contributed by atoms with Gasteiger partial charge in [-0.2, -0.15) is 0 Å². The van der Waals surface area contributed by atoms with E-state index in [1.54, 1.807) is 26.0 Å². The minimum absolute atomic E-state index is 0.295. The summed E-state index contributed by atoms with van der Waals surface area (Å²) in [5.41, 5.74) is 0.815. The minimum Gasteiger partial charge on any atom is -0.502 e. The number of ether oxygens (including phenoxy) is 1. The first kappa shape index (κ1) is 16.6. The Morgan fingerprint density at radius 3 is 2.83 bits per heavy atom. The smallest absolute Gasteiger partial charge is 0.350 e. The van der Waals surface area contributed by atoms with Gasteiger partial charge in [-0.05, 0) is 37.6 Å². The fourth-order valence-electron chi connectivity index (χ4n) is 1.84. The second-order valence-electron chi connectivity index (χ2n) is 4.53. The minimum atomic E-state index is -0.654. The number of nitrogens with zero attached hydrogens (tertiary/aromatic N) is 2. The summed E-state index contributed by atoms with van der Waals surface area (Å²) in [6.45, 7) is 3.75. The predicted octanol–water partition coefficient (Wildman–Crippen LogP) is 3.41. The van der Waals surface area contributed by atoms with Crippen molar-refractivity contribution in [1.29, 1.82) is 0 Å². The van der Waals surface area contributed by atoms with Gasteiger partial charge in [-0.1, -0.05) is 6.08 Å². The molecule has 0 atom stereocenters. The zero-order valence-electron chi connectivity index (χ0n) is 12.5. The van der Waals surface area contributed by atoms with E-state index in [1.165, 1.54) is 29.5 Å². The number of benzene rings is 1. The quantitative estimate of drug-likeness (QED) is 0.510. The normalized spacial score (nSPS) is 10.9. The zero-order chi connectivity index (χ0) is 17.0. The van der Waals surface area contributed by atoms with Crippen molar-refractivity contribution < 1.29 is 19.6 Å². The van der Waals surface area contributed by atoms with Crippen molar-refractivity contribution in [3.05, 3.63) is 49.5 Å². The summed E-state index contributed by atoms with van der Waals surface area (Å²) in [5, 5.41) is 20.8. The van der Waals surface area contributed by atoms with Crippen LogP contribution in [0.3, 0.4) is 0 Å². The van der Waals surface area contributed by atoms with Crippen molar-refractivity contribution in [2.75, 3.05) is 6.61 Å². The van der Waals surface area contributed by atoms with Gasteiger partial charge in [0, 0.05) is 6.07 Å². The van der Waals surface area contributed by atoms with E-state index in [9.17, 15) is 20.0 Å². The zero-order valence-corrected chi connectivity index (χ0v) is 13.3. The number of phenols is 1. The molecule has 0 amide bonds. The topological polar surface area (TPSA) is 103 Å². The first-order chi connectivity index (χ1) is 10.9. The molecule has 1 N–H and O–H groups in total. The molecule has 0 saturated heterocycles. The Morgan fingerprint density at radius 1 is 1.48 bits per heavy atom. The standard InChI is InChI=1S/C15H14N2O5S/c1-3-22-15(19)14-9(2)16-13(23-14)7-5-10-4-6-11(17(20)21)12(18)8-10/h4-8,18H,3H2,1-2H3/b7-5+. The van der Waals surface area contributed by atoms with Crippen LogP contribution in [0, 0.1) is 17.0 Å². The number of nitro groups is 1. The molecule has 0 radical (unpaired) electrons. The molecule has 1 aromatic carbocycles. The second kappa shape index (κ2) is 7.01. The van der Waals surface area contributed by atoms with Crippen LogP contribution < -0.4 is 0 Å². The molecule has 7 nitrogen and oxygen atoms in total. The van der Waals surface area contributed by atoms with Crippen molar-refractivity contribution in [3.8, 4) is 5.75 Å². The average molecular weight is 334 g/mol. The summed E-state index contributed by atoms with van der Waals surface area (Å²) in [6, 6.07) is 4.04. The van der Waals surface area contributed by atoms with E-state index in [0.717, 1.165) is 0 Å². The van der Waals surface area contributed by atoms with E-state index >= 15 is 0 Å². The third-order valence-electron chi connectivity index (χ3n) is 2.89. The molecule has 1 heterocycles. The lowest BCUT2D eigenvalue weighted by Crippen LogP contribution is -2.03. The highest BCUT2D eigenvalue weighted by Gasteiger charge is 2.15. The molecule has 0 aliphatic heterocycles. The lowest BCUT2D eigenvalue weighted by atomic mass is 10.2. The SMILES string of the molecule is CCOC(=O)c1sc(/C=C/c2ccc([N+](=O)[O-])c(O)c2)nc1C.